The summed E-state index contributed by atoms with van der Waals surface area (Å²) in [4.78, 5) is 24.3. The van der Waals surface area contributed by atoms with Crippen molar-refractivity contribution in [1.82, 2.24) is 0 Å². The molecule has 0 aliphatic rings. The molecule has 1 aromatic carbocycles. The molecule has 0 aromatic heterocycles. The monoisotopic (exact) mass is 364 g/mol. The number of aliphatic hydroxyl groups excluding tert-OH is 1. The van der Waals surface area contributed by atoms with Crippen molar-refractivity contribution in [3.05, 3.63) is 35.9 Å². The zero-order valence-corrected chi connectivity index (χ0v) is 16.3. The SMILES string of the molecule is CC(CCc1ccccc1)CC(C(=O)O)[C@H](CCO)C(=O)OC(C)(C)C. The van der Waals surface area contributed by atoms with Gasteiger partial charge in [-0.2, -0.15) is 0 Å². The number of hydrogen-bond donors (Lipinski definition) is 2. The maximum absolute atomic E-state index is 12.5. The highest BCUT2D eigenvalue weighted by Crippen LogP contribution is 2.28. The number of esters is 1. The predicted molar refractivity (Wildman–Crippen MR) is 101 cm³/mol. The average Bonchev–Trinajstić information content (AvgIpc) is 2.55. The Morgan fingerprint density at radius 1 is 1.08 bits per heavy atom. The largest absolute Gasteiger partial charge is 0.481 e. The van der Waals surface area contributed by atoms with Crippen molar-refractivity contribution in [3.8, 4) is 0 Å². The van der Waals surface area contributed by atoms with Crippen LogP contribution in [0.3, 0.4) is 0 Å². The normalized spacial score (nSPS) is 15.1. The van der Waals surface area contributed by atoms with Crippen molar-refractivity contribution in [2.45, 2.75) is 59.0 Å². The minimum absolute atomic E-state index is 0.0945. The van der Waals surface area contributed by atoms with Crippen molar-refractivity contribution in [3.63, 3.8) is 0 Å². The Labute approximate surface area is 156 Å². The summed E-state index contributed by atoms with van der Waals surface area (Å²) in [6, 6.07) is 10.0. The molecule has 0 aliphatic heterocycles. The number of rotatable bonds is 10. The first-order valence-corrected chi connectivity index (χ1v) is 9.24. The van der Waals surface area contributed by atoms with Crippen molar-refractivity contribution < 1.29 is 24.5 Å². The minimum Gasteiger partial charge on any atom is -0.481 e. The molecule has 0 heterocycles. The summed E-state index contributed by atoms with van der Waals surface area (Å²) in [6.45, 7) is 7.01. The number of aryl methyl sites for hydroxylation is 1. The number of carbonyl (C=O) groups is 2. The number of hydrogen-bond acceptors (Lipinski definition) is 4. The Kier molecular flexibility index (Phi) is 8.79. The van der Waals surface area contributed by atoms with Crippen LogP contribution in [0.25, 0.3) is 0 Å². The van der Waals surface area contributed by atoms with Gasteiger partial charge >= 0.3 is 11.9 Å². The lowest BCUT2D eigenvalue weighted by Gasteiger charge is -2.28. The fourth-order valence-corrected chi connectivity index (χ4v) is 3.05. The second kappa shape index (κ2) is 10.3. The van der Waals surface area contributed by atoms with E-state index in [1.54, 1.807) is 20.8 Å². The van der Waals surface area contributed by atoms with E-state index in [-0.39, 0.29) is 18.9 Å². The number of benzene rings is 1. The number of carbonyl (C=O) groups excluding carboxylic acids is 1. The van der Waals surface area contributed by atoms with Gasteiger partial charge in [0.05, 0.1) is 11.8 Å². The summed E-state index contributed by atoms with van der Waals surface area (Å²) in [5.74, 6) is -3.12. The minimum atomic E-state index is -1.01. The van der Waals surface area contributed by atoms with E-state index in [1.165, 1.54) is 5.56 Å². The Bertz CT molecular complexity index is 562. The average molecular weight is 364 g/mol. The molecule has 5 heteroatoms. The Morgan fingerprint density at radius 2 is 1.69 bits per heavy atom. The van der Waals surface area contributed by atoms with Gasteiger partial charge < -0.3 is 14.9 Å². The molecule has 1 aromatic rings. The molecule has 0 amide bonds. The van der Waals surface area contributed by atoms with E-state index in [4.69, 9.17) is 4.74 Å². The molecule has 2 N–H and O–H groups in total. The van der Waals surface area contributed by atoms with Gasteiger partial charge in [-0.05, 0) is 57.9 Å². The summed E-state index contributed by atoms with van der Waals surface area (Å²) in [7, 11) is 0. The Balaban J connectivity index is 2.76. The molecular weight excluding hydrogens is 332 g/mol. The van der Waals surface area contributed by atoms with Gasteiger partial charge in [0, 0.05) is 6.61 Å². The van der Waals surface area contributed by atoms with Gasteiger partial charge in [-0.1, -0.05) is 37.3 Å². The van der Waals surface area contributed by atoms with Crippen LogP contribution < -0.4 is 0 Å². The van der Waals surface area contributed by atoms with E-state index < -0.39 is 29.4 Å². The van der Waals surface area contributed by atoms with Crippen molar-refractivity contribution in [1.29, 1.82) is 0 Å². The van der Waals surface area contributed by atoms with Gasteiger partial charge in [-0.3, -0.25) is 9.59 Å². The molecule has 5 nitrogen and oxygen atoms in total. The molecule has 26 heavy (non-hydrogen) atoms. The van der Waals surface area contributed by atoms with E-state index in [9.17, 15) is 19.8 Å². The smallest absolute Gasteiger partial charge is 0.310 e. The molecule has 0 spiro atoms. The lowest BCUT2D eigenvalue weighted by atomic mass is 9.81. The summed E-state index contributed by atoms with van der Waals surface area (Å²) < 4.78 is 5.38. The molecule has 0 saturated heterocycles. The third kappa shape index (κ3) is 8.00. The molecule has 1 rings (SSSR count). The van der Waals surface area contributed by atoms with Gasteiger partial charge in [0.1, 0.15) is 5.60 Å². The topological polar surface area (TPSA) is 83.8 Å². The first-order chi connectivity index (χ1) is 12.1. The molecule has 0 saturated carbocycles. The Morgan fingerprint density at radius 3 is 2.19 bits per heavy atom. The van der Waals surface area contributed by atoms with Crippen LogP contribution >= 0.6 is 0 Å². The maximum Gasteiger partial charge on any atom is 0.310 e. The number of carboxylic acid groups (broad SMARTS) is 1. The van der Waals surface area contributed by atoms with Crippen LogP contribution in [-0.4, -0.2) is 34.4 Å². The van der Waals surface area contributed by atoms with Gasteiger partial charge in [0.2, 0.25) is 0 Å². The molecule has 3 atom stereocenters. The van der Waals surface area contributed by atoms with Crippen LogP contribution in [0.5, 0.6) is 0 Å². The third-order valence-corrected chi connectivity index (χ3v) is 4.38. The number of ether oxygens (including phenoxy) is 1. The summed E-state index contributed by atoms with van der Waals surface area (Å²) in [5, 5.41) is 19.0. The molecule has 0 fully saturated rings. The summed E-state index contributed by atoms with van der Waals surface area (Å²) in [5.41, 5.74) is 0.525. The van der Waals surface area contributed by atoms with Crippen molar-refractivity contribution >= 4 is 11.9 Å². The van der Waals surface area contributed by atoms with E-state index in [2.05, 4.69) is 12.1 Å². The second-order valence-electron chi connectivity index (χ2n) is 7.96. The van der Waals surface area contributed by atoms with Gasteiger partial charge in [-0.15, -0.1) is 0 Å². The fraction of sp³-hybridized carbons (Fsp3) is 0.619. The van der Waals surface area contributed by atoms with Crippen LogP contribution in [0.15, 0.2) is 30.3 Å². The van der Waals surface area contributed by atoms with Gasteiger partial charge in [0.15, 0.2) is 0 Å². The molecule has 0 radical (unpaired) electrons. The van der Waals surface area contributed by atoms with E-state index in [1.807, 2.05) is 25.1 Å². The first kappa shape index (κ1) is 22.2. The lowest BCUT2D eigenvalue weighted by molar-refractivity contribution is -0.167. The third-order valence-electron chi connectivity index (χ3n) is 4.38. The fourth-order valence-electron chi connectivity index (χ4n) is 3.05. The summed E-state index contributed by atoms with van der Waals surface area (Å²) in [6.07, 6.45) is 2.18. The number of aliphatic hydroxyl groups is 1. The van der Waals surface area contributed by atoms with Crippen LogP contribution in [0.2, 0.25) is 0 Å². The van der Waals surface area contributed by atoms with Crippen molar-refractivity contribution in [2.24, 2.45) is 17.8 Å². The molecule has 146 valence electrons. The predicted octanol–water partition coefficient (Wildman–Crippen LogP) is 3.69. The first-order valence-electron chi connectivity index (χ1n) is 9.24. The number of aliphatic carboxylic acids is 1. The van der Waals surface area contributed by atoms with Crippen LogP contribution in [0, 0.1) is 17.8 Å². The zero-order chi connectivity index (χ0) is 19.7. The Hall–Kier alpha value is -1.88. The second-order valence-corrected chi connectivity index (χ2v) is 7.96. The van der Waals surface area contributed by atoms with Gasteiger partial charge in [-0.25, -0.2) is 0 Å². The maximum atomic E-state index is 12.5. The highest BCUT2D eigenvalue weighted by atomic mass is 16.6. The quantitative estimate of drug-likeness (QED) is 0.619. The summed E-state index contributed by atoms with van der Waals surface area (Å²) >= 11 is 0. The highest BCUT2D eigenvalue weighted by molar-refractivity contribution is 5.81. The standard InChI is InChI=1S/C21H32O5/c1-15(10-11-16-8-6-5-7-9-16)14-18(19(23)24)17(12-13-22)20(25)26-21(2,3)4/h5-9,15,17-18,22H,10-14H2,1-4H3,(H,23,24)/t15?,17-,18?/m0/s1. The van der Waals surface area contributed by atoms with Crippen LogP contribution in [0.4, 0.5) is 0 Å². The van der Waals surface area contributed by atoms with E-state index in [0.717, 1.165) is 12.8 Å². The van der Waals surface area contributed by atoms with E-state index >= 15 is 0 Å². The molecule has 2 unspecified atom stereocenters. The van der Waals surface area contributed by atoms with Crippen LogP contribution in [-0.2, 0) is 20.7 Å². The van der Waals surface area contributed by atoms with E-state index in [0.29, 0.717) is 6.42 Å². The highest BCUT2D eigenvalue weighted by Gasteiger charge is 2.36. The van der Waals surface area contributed by atoms with Gasteiger partial charge in [0.25, 0.3) is 0 Å². The van der Waals surface area contributed by atoms with Crippen molar-refractivity contribution in [2.75, 3.05) is 6.61 Å². The number of carboxylic acids is 1. The lowest BCUT2D eigenvalue weighted by Crippen LogP contribution is -2.37. The molecule has 0 aliphatic carbocycles. The molecule has 0 bridgehead atoms. The molecular formula is C21H32O5. The zero-order valence-electron chi connectivity index (χ0n) is 16.3. The van der Waals surface area contributed by atoms with Crippen LogP contribution in [0.1, 0.15) is 52.5 Å².